The van der Waals surface area contributed by atoms with Gasteiger partial charge in [0.2, 0.25) is 0 Å². The molecule has 0 aromatic rings. The van der Waals surface area contributed by atoms with E-state index in [0.29, 0.717) is 36.2 Å². The Labute approximate surface area is 147 Å². The molecule has 2 N–H and O–H groups in total. The first-order valence-corrected chi connectivity index (χ1v) is 9.78. The van der Waals surface area contributed by atoms with Crippen LogP contribution >= 0.6 is 0 Å². The maximum Gasteiger partial charge on any atom is 0.511 e. The molecule has 0 spiro atoms. The molecule has 0 aliphatic carbocycles. The van der Waals surface area contributed by atoms with Crippen LogP contribution in [0, 0.1) is 0 Å². The summed E-state index contributed by atoms with van der Waals surface area (Å²) in [6, 6.07) is -0.105. The third kappa shape index (κ3) is 6.98. The van der Waals surface area contributed by atoms with Gasteiger partial charge in [-0.25, -0.2) is 8.42 Å². The van der Waals surface area contributed by atoms with Gasteiger partial charge in [-0.3, -0.25) is 4.99 Å². The van der Waals surface area contributed by atoms with E-state index in [1.807, 2.05) is 21.0 Å². The minimum absolute atomic E-state index is 0.105. The van der Waals surface area contributed by atoms with E-state index in [4.69, 9.17) is 0 Å². The molecule has 11 heteroatoms. The van der Waals surface area contributed by atoms with E-state index >= 15 is 0 Å². The molecule has 0 aromatic heterocycles. The maximum absolute atomic E-state index is 12.6. The summed E-state index contributed by atoms with van der Waals surface area (Å²) in [5, 5.41) is 6.28. The Morgan fingerprint density at radius 3 is 2.36 bits per heavy atom. The van der Waals surface area contributed by atoms with E-state index in [2.05, 4.69) is 20.5 Å². The number of guanidine groups is 1. The van der Waals surface area contributed by atoms with Crippen LogP contribution in [0.25, 0.3) is 0 Å². The summed E-state index contributed by atoms with van der Waals surface area (Å²) in [6.45, 7) is 3.83. The van der Waals surface area contributed by atoms with Gasteiger partial charge in [0.1, 0.15) is 0 Å². The molecule has 1 saturated heterocycles. The first kappa shape index (κ1) is 22.0. The minimum Gasteiger partial charge on any atom is -0.357 e. The summed E-state index contributed by atoms with van der Waals surface area (Å²) >= 11 is 0. The fraction of sp³-hybridized carbons (Fsp3) is 0.929. The summed E-state index contributed by atoms with van der Waals surface area (Å²) in [4.78, 5) is 6.50. The van der Waals surface area contributed by atoms with Crippen LogP contribution in [0.1, 0.15) is 26.2 Å². The summed E-state index contributed by atoms with van der Waals surface area (Å²) < 4.78 is 61.1. The lowest BCUT2D eigenvalue weighted by Gasteiger charge is -2.32. The standard InChI is InChI=1S/C14H28F3N5O2S/c1-4-18-13(19-8-5-9-21(2)3)20-12-6-10-22(11-7-12)25(23,24)14(15,16)17/h12H,4-11H2,1-3H3,(H2,18,19,20). The lowest BCUT2D eigenvalue weighted by Crippen LogP contribution is -2.51. The molecule has 25 heavy (non-hydrogen) atoms. The molecule has 0 aromatic carbocycles. The van der Waals surface area contributed by atoms with E-state index in [1.54, 1.807) is 0 Å². The van der Waals surface area contributed by atoms with Gasteiger partial charge in [0.25, 0.3) is 0 Å². The Morgan fingerprint density at radius 1 is 1.28 bits per heavy atom. The van der Waals surface area contributed by atoms with Crippen molar-refractivity contribution in [2.75, 3.05) is 46.8 Å². The topological polar surface area (TPSA) is 77.0 Å². The second-order valence-electron chi connectivity index (χ2n) is 6.19. The summed E-state index contributed by atoms with van der Waals surface area (Å²) in [7, 11) is -1.27. The van der Waals surface area contributed by atoms with Gasteiger partial charge < -0.3 is 15.5 Å². The zero-order valence-corrected chi connectivity index (χ0v) is 15.8. The molecule has 1 aliphatic heterocycles. The Balaban J connectivity index is 2.53. The monoisotopic (exact) mass is 387 g/mol. The van der Waals surface area contributed by atoms with E-state index in [-0.39, 0.29) is 19.1 Å². The van der Waals surface area contributed by atoms with Crippen LogP contribution in [-0.4, -0.2) is 82.0 Å². The van der Waals surface area contributed by atoms with Crippen LogP contribution in [0.5, 0.6) is 0 Å². The van der Waals surface area contributed by atoms with Crippen LogP contribution < -0.4 is 10.6 Å². The van der Waals surface area contributed by atoms with E-state index < -0.39 is 15.5 Å². The Kier molecular flexibility index (Phi) is 8.42. The zero-order valence-electron chi connectivity index (χ0n) is 14.9. The van der Waals surface area contributed by atoms with Crippen LogP contribution in [-0.2, 0) is 10.0 Å². The van der Waals surface area contributed by atoms with E-state index in [0.717, 1.165) is 13.0 Å². The van der Waals surface area contributed by atoms with Gasteiger partial charge in [0.05, 0.1) is 0 Å². The van der Waals surface area contributed by atoms with Gasteiger partial charge in [-0.1, -0.05) is 0 Å². The average molecular weight is 387 g/mol. The number of hydrogen-bond donors (Lipinski definition) is 2. The fourth-order valence-electron chi connectivity index (χ4n) is 2.48. The van der Waals surface area contributed by atoms with Crippen LogP contribution in [0.2, 0.25) is 0 Å². The second-order valence-corrected chi connectivity index (χ2v) is 8.12. The Bertz CT molecular complexity index is 529. The molecule has 0 unspecified atom stereocenters. The number of hydrogen-bond acceptors (Lipinski definition) is 4. The van der Waals surface area contributed by atoms with Crippen LogP contribution in [0.3, 0.4) is 0 Å². The molecule has 0 amide bonds. The third-order valence-electron chi connectivity index (χ3n) is 3.80. The average Bonchev–Trinajstić information content (AvgIpc) is 2.51. The summed E-state index contributed by atoms with van der Waals surface area (Å²) in [6.07, 6.45) is 1.50. The van der Waals surface area contributed by atoms with Gasteiger partial charge in [-0.15, -0.1) is 0 Å². The largest absolute Gasteiger partial charge is 0.511 e. The number of aliphatic imine (C=N–C) groups is 1. The van der Waals surface area contributed by atoms with Gasteiger partial charge in [-0.05, 0) is 46.8 Å². The maximum atomic E-state index is 12.6. The number of piperidine rings is 1. The highest BCUT2D eigenvalue weighted by atomic mass is 32.2. The molecule has 0 radical (unpaired) electrons. The molecule has 0 saturated carbocycles. The predicted octanol–water partition coefficient (Wildman–Crippen LogP) is 0.807. The third-order valence-corrected chi connectivity index (χ3v) is 5.43. The van der Waals surface area contributed by atoms with Crippen molar-refractivity contribution in [2.45, 2.75) is 37.7 Å². The second kappa shape index (κ2) is 9.58. The predicted molar refractivity (Wildman–Crippen MR) is 91.9 cm³/mol. The summed E-state index contributed by atoms with van der Waals surface area (Å²) in [5.74, 6) is 0.610. The minimum atomic E-state index is -5.24. The van der Waals surface area contributed by atoms with Crippen molar-refractivity contribution >= 4 is 16.0 Å². The molecule has 0 atom stereocenters. The van der Waals surface area contributed by atoms with Crippen molar-refractivity contribution in [3.63, 3.8) is 0 Å². The highest BCUT2D eigenvalue weighted by Gasteiger charge is 2.50. The highest BCUT2D eigenvalue weighted by molar-refractivity contribution is 7.90. The van der Waals surface area contributed by atoms with E-state index in [1.165, 1.54) is 0 Å². The smallest absolute Gasteiger partial charge is 0.357 e. The normalized spacial score (nSPS) is 18.6. The number of nitrogens with zero attached hydrogens (tertiary/aromatic N) is 3. The van der Waals surface area contributed by atoms with Crippen molar-refractivity contribution in [1.29, 1.82) is 0 Å². The Hall–Kier alpha value is -1.07. The van der Waals surface area contributed by atoms with Crippen molar-refractivity contribution in [2.24, 2.45) is 4.99 Å². The molecule has 0 bridgehead atoms. The lowest BCUT2D eigenvalue weighted by atomic mass is 10.1. The molecule has 148 valence electrons. The highest BCUT2D eigenvalue weighted by Crippen LogP contribution is 2.28. The number of nitrogens with one attached hydrogen (secondary N) is 2. The SMILES string of the molecule is CCNC(=NCCCN(C)C)NC1CCN(S(=O)(=O)C(F)(F)F)CC1. The van der Waals surface area contributed by atoms with Crippen LogP contribution in [0.4, 0.5) is 13.2 Å². The van der Waals surface area contributed by atoms with Gasteiger partial charge in [0, 0.05) is 32.2 Å². The van der Waals surface area contributed by atoms with Crippen LogP contribution in [0.15, 0.2) is 4.99 Å². The van der Waals surface area contributed by atoms with Crippen molar-refractivity contribution in [3.05, 3.63) is 0 Å². The quantitative estimate of drug-likeness (QED) is 0.384. The van der Waals surface area contributed by atoms with Gasteiger partial charge >= 0.3 is 15.5 Å². The van der Waals surface area contributed by atoms with E-state index in [9.17, 15) is 21.6 Å². The number of sulfonamides is 1. The lowest BCUT2D eigenvalue weighted by molar-refractivity contribution is -0.0494. The molecular weight excluding hydrogens is 359 g/mol. The fourth-order valence-corrected chi connectivity index (χ4v) is 3.46. The van der Waals surface area contributed by atoms with Crippen molar-refractivity contribution in [3.8, 4) is 0 Å². The number of alkyl halides is 3. The molecular formula is C14H28F3N5O2S. The van der Waals surface area contributed by atoms with Gasteiger partial charge in [0.15, 0.2) is 5.96 Å². The molecule has 1 fully saturated rings. The number of rotatable bonds is 7. The zero-order chi connectivity index (χ0) is 19.1. The molecule has 1 heterocycles. The summed E-state index contributed by atoms with van der Waals surface area (Å²) in [5.41, 5.74) is -5.24. The number of halogens is 3. The molecule has 1 rings (SSSR count). The van der Waals surface area contributed by atoms with Gasteiger partial charge in [-0.2, -0.15) is 17.5 Å². The molecule has 7 nitrogen and oxygen atoms in total. The first-order valence-electron chi connectivity index (χ1n) is 8.34. The van der Waals surface area contributed by atoms with Crippen molar-refractivity contribution < 1.29 is 21.6 Å². The Morgan fingerprint density at radius 2 is 1.88 bits per heavy atom. The molecule has 1 aliphatic rings. The first-order chi connectivity index (χ1) is 11.6. The van der Waals surface area contributed by atoms with Crippen molar-refractivity contribution in [1.82, 2.24) is 19.8 Å².